The van der Waals surface area contributed by atoms with Crippen LogP contribution in [0.15, 0.2) is 18.2 Å². The van der Waals surface area contributed by atoms with E-state index in [-0.39, 0.29) is 29.4 Å². The lowest BCUT2D eigenvalue weighted by Crippen LogP contribution is -2.69. The first-order valence-electron chi connectivity index (χ1n) is 9.97. The second kappa shape index (κ2) is 6.95. The summed E-state index contributed by atoms with van der Waals surface area (Å²) in [5.41, 5.74) is 6.71. The van der Waals surface area contributed by atoms with E-state index in [1.54, 1.807) is 26.4 Å². The first-order chi connectivity index (χ1) is 13.4. The number of rotatable bonds is 4. The van der Waals surface area contributed by atoms with Crippen molar-refractivity contribution >= 4 is 11.9 Å². The number of carbonyl (C=O) groups excluding carboxylic acids is 2. The Hall–Kier alpha value is -2.28. The van der Waals surface area contributed by atoms with Gasteiger partial charge in [0.25, 0.3) is 0 Å². The van der Waals surface area contributed by atoms with Crippen LogP contribution in [-0.2, 0) is 11.3 Å². The van der Waals surface area contributed by atoms with E-state index in [9.17, 15) is 9.59 Å². The second-order valence-corrected chi connectivity index (χ2v) is 8.74. The Morgan fingerprint density at radius 3 is 2.50 bits per heavy atom. The van der Waals surface area contributed by atoms with Gasteiger partial charge in [-0.15, -0.1) is 0 Å². The maximum absolute atomic E-state index is 12.8. The van der Waals surface area contributed by atoms with Gasteiger partial charge in [0, 0.05) is 17.7 Å². The van der Waals surface area contributed by atoms with Gasteiger partial charge in [0.05, 0.1) is 32.7 Å². The normalized spacial score (nSPS) is 32.2. The Morgan fingerprint density at radius 1 is 1.18 bits per heavy atom. The molecule has 28 heavy (non-hydrogen) atoms. The molecule has 152 valence electrons. The van der Waals surface area contributed by atoms with Gasteiger partial charge in [-0.1, -0.05) is 0 Å². The van der Waals surface area contributed by atoms with Crippen LogP contribution < -0.4 is 20.5 Å². The van der Waals surface area contributed by atoms with Crippen LogP contribution in [0.2, 0.25) is 0 Å². The molecule has 1 aromatic carbocycles. The maximum atomic E-state index is 12.8. The van der Waals surface area contributed by atoms with E-state index < -0.39 is 0 Å². The molecule has 7 nitrogen and oxygen atoms in total. The van der Waals surface area contributed by atoms with Gasteiger partial charge in [0.2, 0.25) is 5.91 Å². The predicted molar refractivity (Wildman–Crippen MR) is 104 cm³/mol. The third kappa shape index (κ3) is 3.32. The molecule has 1 saturated heterocycles. The smallest absolute Gasteiger partial charge is 0.324 e. The van der Waals surface area contributed by atoms with Crippen molar-refractivity contribution in [1.29, 1.82) is 0 Å². The van der Waals surface area contributed by atoms with Gasteiger partial charge in [0.1, 0.15) is 11.5 Å². The first-order valence-corrected chi connectivity index (χ1v) is 9.97. The van der Waals surface area contributed by atoms with Crippen LogP contribution in [-0.4, -0.2) is 42.6 Å². The lowest BCUT2D eigenvalue weighted by Gasteiger charge is -2.60. The largest absolute Gasteiger partial charge is 0.497 e. The molecule has 0 atom stereocenters. The summed E-state index contributed by atoms with van der Waals surface area (Å²) < 4.78 is 10.6. The number of ether oxygens (including phenoxy) is 2. The Labute approximate surface area is 165 Å². The van der Waals surface area contributed by atoms with Gasteiger partial charge in [-0.25, -0.2) is 4.79 Å². The van der Waals surface area contributed by atoms with Gasteiger partial charge < -0.3 is 20.5 Å². The summed E-state index contributed by atoms with van der Waals surface area (Å²) in [5.74, 6) is 1.14. The predicted octanol–water partition coefficient (Wildman–Crippen LogP) is 2.57. The monoisotopic (exact) mass is 387 g/mol. The number of methoxy groups -OCH3 is 2. The molecule has 0 bridgehead atoms. The zero-order chi connectivity index (χ0) is 19.9. The lowest BCUT2D eigenvalue weighted by molar-refractivity contribution is -0.138. The zero-order valence-electron chi connectivity index (χ0n) is 16.6. The highest BCUT2D eigenvalue weighted by Gasteiger charge is 2.58. The molecule has 2 spiro atoms. The summed E-state index contributed by atoms with van der Waals surface area (Å²) in [6, 6.07) is 5.38. The number of urea groups is 1. The molecule has 1 heterocycles. The van der Waals surface area contributed by atoms with Gasteiger partial charge in [-0.2, -0.15) is 0 Å². The molecule has 1 aliphatic heterocycles. The van der Waals surface area contributed by atoms with Crippen LogP contribution in [0, 0.1) is 5.41 Å². The van der Waals surface area contributed by atoms with E-state index >= 15 is 0 Å². The Morgan fingerprint density at radius 2 is 1.89 bits per heavy atom. The van der Waals surface area contributed by atoms with Crippen LogP contribution in [0.4, 0.5) is 4.79 Å². The van der Waals surface area contributed by atoms with Gasteiger partial charge >= 0.3 is 6.03 Å². The number of hydrogen-bond donors (Lipinski definition) is 2. The number of nitrogens with two attached hydrogens (primary N) is 1. The number of nitrogens with zero attached hydrogens (tertiary/aromatic N) is 1. The molecule has 0 unspecified atom stereocenters. The summed E-state index contributed by atoms with van der Waals surface area (Å²) in [6.45, 7) is 0.188. The highest BCUT2D eigenvalue weighted by Crippen LogP contribution is 2.58. The summed E-state index contributed by atoms with van der Waals surface area (Å²) in [4.78, 5) is 26.9. The quantitative estimate of drug-likeness (QED) is 0.828. The average molecular weight is 387 g/mol. The van der Waals surface area contributed by atoms with E-state index in [1.807, 2.05) is 6.07 Å². The Balaban J connectivity index is 1.43. The fourth-order valence-corrected chi connectivity index (χ4v) is 5.35. The number of benzene rings is 1. The van der Waals surface area contributed by atoms with E-state index in [0.29, 0.717) is 24.0 Å². The minimum Gasteiger partial charge on any atom is -0.497 e. The number of amides is 3. The molecule has 3 amide bonds. The standard InChI is InChI=1S/C21H29N3O4/c1-27-16-4-3-14(17(9-16)28-2)11-24-18(25)10-21(23-19(24)26)12-20(13-21)7-5-15(22)6-8-20/h3-4,9,15H,5-8,10-13,22H2,1-2H3,(H,23,26). The van der Waals surface area contributed by atoms with Crippen molar-refractivity contribution < 1.29 is 19.1 Å². The highest BCUT2D eigenvalue weighted by atomic mass is 16.5. The zero-order valence-corrected chi connectivity index (χ0v) is 16.6. The van der Waals surface area contributed by atoms with E-state index in [0.717, 1.165) is 44.1 Å². The molecular formula is C21H29N3O4. The van der Waals surface area contributed by atoms with Crippen LogP contribution in [0.3, 0.4) is 0 Å². The molecule has 4 rings (SSSR count). The average Bonchev–Trinajstić information content (AvgIpc) is 2.66. The van der Waals surface area contributed by atoms with Crippen molar-refractivity contribution in [2.24, 2.45) is 11.1 Å². The van der Waals surface area contributed by atoms with Gasteiger partial charge in [0.15, 0.2) is 0 Å². The number of nitrogens with one attached hydrogen (secondary N) is 1. The van der Waals surface area contributed by atoms with Crippen LogP contribution >= 0.6 is 0 Å². The number of imide groups is 1. The van der Waals surface area contributed by atoms with Crippen molar-refractivity contribution in [3.63, 3.8) is 0 Å². The van der Waals surface area contributed by atoms with E-state index in [4.69, 9.17) is 15.2 Å². The van der Waals surface area contributed by atoms with Gasteiger partial charge in [-0.05, 0) is 56.1 Å². The molecule has 2 aliphatic carbocycles. The van der Waals surface area contributed by atoms with Crippen LogP contribution in [0.1, 0.15) is 50.5 Å². The first kappa shape index (κ1) is 19.1. The molecule has 1 aromatic rings. The number of carbonyl (C=O) groups is 2. The summed E-state index contributed by atoms with van der Waals surface area (Å²) >= 11 is 0. The van der Waals surface area contributed by atoms with Crippen LogP contribution in [0.5, 0.6) is 11.5 Å². The molecule has 3 fully saturated rings. The minimum atomic E-state index is -0.365. The number of hydrogen-bond acceptors (Lipinski definition) is 5. The maximum Gasteiger partial charge on any atom is 0.324 e. The summed E-state index contributed by atoms with van der Waals surface area (Å²) in [6.07, 6.45) is 6.45. The third-order valence-electron chi connectivity index (χ3n) is 6.75. The van der Waals surface area contributed by atoms with Crippen molar-refractivity contribution in [3.8, 4) is 11.5 Å². The SMILES string of the molecule is COc1ccc(CN2C(=O)CC3(CC4(CCC(N)CC4)C3)NC2=O)c(OC)c1. The Bertz CT molecular complexity index is 758. The molecule has 0 aromatic heterocycles. The molecule has 7 heteroatoms. The Kier molecular flexibility index (Phi) is 4.73. The fraction of sp³-hybridized carbons (Fsp3) is 0.619. The van der Waals surface area contributed by atoms with Crippen molar-refractivity contribution in [2.45, 2.75) is 63.1 Å². The van der Waals surface area contributed by atoms with Crippen molar-refractivity contribution in [3.05, 3.63) is 23.8 Å². The summed E-state index contributed by atoms with van der Waals surface area (Å²) in [7, 11) is 3.15. The van der Waals surface area contributed by atoms with Crippen molar-refractivity contribution in [2.75, 3.05) is 14.2 Å². The topological polar surface area (TPSA) is 93.9 Å². The van der Waals surface area contributed by atoms with E-state index in [1.165, 1.54) is 4.90 Å². The molecule has 0 radical (unpaired) electrons. The van der Waals surface area contributed by atoms with Gasteiger partial charge in [-0.3, -0.25) is 9.69 Å². The van der Waals surface area contributed by atoms with Crippen molar-refractivity contribution in [1.82, 2.24) is 10.2 Å². The third-order valence-corrected chi connectivity index (χ3v) is 6.75. The summed E-state index contributed by atoms with van der Waals surface area (Å²) in [5, 5.41) is 3.14. The molecule has 3 aliphatic rings. The fourth-order valence-electron chi connectivity index (χ4n) is 5.35. The van der Waals surface area contributed by atoms with Crippen LogP contribution in [0.25, 0.3) is 0 Å². The lowest BCUT2D eigenvalue weighted by atomic mass is 9.50. The molecular weight excluding hydrogens is 358 g/mol. The second-order valence-electron chi connectivity index (χ2n) is 8.74. The molecule has 2 saturated carbocycles. The minimum absolute atomic E-state index is 0.121. The highest BCUT2D eigenvalue weighted by molar-refractivity contribution is 5.98. The van der Waals surface area contributed by atoms with E-state index in [2.05, 4.69) is 5.32 Å². The molecule has 3 N–H and O–H groups in total.